The van der Waals surface area contributed by atoms with Crippen LogP contribution in [-0.4, -0.2) is 29.0 Å². The average molecular weight is 211 g/mol. The second kappa shape index (κ2) is 5.28. The lowest BCUT2D eigenvalue weighted by molar-refractivity contribution is 0.0882. The Bertz CT molecular complexity index is 309. The molecule has 1 aromatic rings. The third-order valence-electron chi connectivity index (χ3n) is 3.03. The Morgan fingerprint density at radius 1 is 1.53 bits per heavy atom. The molecule has 0 aliphatic carbocycles. The van der Waals surface area contributed by atoms with E-state index in [1.807, 2.05) is 17.9 Å². The lowest BCUT2D eigenvalue weighted by atomic mass is 10.2. The molecule has 0 fully saturated rings. The first-order valence-electron chi connectivity index (χ1n) is 5.30. The molecule has 0 aliphatic heterocycles. The van der Waals surface area contributed by atoms with E-state index in [2.05, 4.69) is 31.2 Å². The van der Waals surface area contributed by atoms with Gasteiger partial charge in [0.15, 0.2) is 0 Å². The number of nitrogens with one attached hydrogen (secondary N) is 1. The first kappa shape index (κ1) is 12.2. The van der Waals surface area contributed by atoms with Gasteiger partial charge in [-0.3, -0.25) is 4.68 Å². The van der Waals surface area contributed by atoms with Crippen molar-refractivity contribution >= 4 is 0 Å². The number of nitrogens with zero attached hydrogens (tertiary/aromatic N) is 2. The first-order valence-corrected chi connectivity index (χ1v) is 5.30. The van der Waals surface area contributed by atoms with E-state index < -0.39 is 0 Å². The summed E-state index contributed by atoms with van der Waals surface area (Å²) in [4.78, 5) is 0. The van der Waals surface area contributed by atoms with Crippen LogP contribution in [0.3, 0.4) is 0 Å². The Labute approximate surface area is 91.6 Å². The van der Waals surface area contributed by atoms with Gasteiger partial charge in [-0.1, -0.05) is 0 Å². The lowest BCUT2D eigenvalue weighted by Gasteiger charge is -2.19. The summed E-state index contributed by atoms with van der Waals surface area (Å²) in [7, 11) is 3.69. The molecule has 4 heteroatoms. The summed E-state index contributed by atoms with van der Waals surface area (Å²) in [6, 6.07) is 0.342. The molecule has 1 aromatic heterocycles. The summed E-state index contributed by atoms with van der Waals surface area (Å²) < 4.78 is 7.14. The van der Waals surface area contributed by atoms with Gasteiger partial charge in [0.1, 0.15) is 0 Å². The van der Waals surface area contributed by atoms with Gasteiger partial charge in [0.05, 0.1) is 12.3 Å². The topological polar surface area (TPSA) is 39.1 Å². The molecule has 0 amide bonds. The van der Waals surface area contributed by atoms with Gasteiger partial charge in [-0.2, -0.15) is 5.10 Å². The zero-order valence-corrected chi connectivity index (χ0v) is 10.2. The highest BCUT2D eigenvalue weighted by atomic mass is 16.5. The number of aromatic nitrogens is 2. The van der Waals surface area contributed by atoms with Gasteiger partial charge in [0.25, 0.3) is 0 Å². The SMILES string of the molecule is COC(C)C(C)NCc1cnn(C)c1C. The van der Waals surface area contributed by atoms with Crippen molar-refractivity contribution in [1.29, 1.82) is 0 Å². The quantitative estimate of drug-likeness (QED) is 0.796. The lowest BCUT2D eigenvalue weighted by Crippen LogP contribution is -2.36. The van der Waals surface area contributed by atoms with Crippen molar-refractivity contribution in [3.63, 3.8) is 0 Å². The molecule has 2 atom stereocenters. The van der Waals surface area contributed by atoms with Crippen molar-refractivity contribution in [2.75, 3.05) is 7.11 Å². The Morgan fingerprint density at radius 3 is 2.67 bits per heavy atom. The molecule has 86 valence electrons. The standard InChI is InChI=1S/C11H21N3O/c1-8(10(3)15-5)12-6-11-7-13-14(4)9(11)2/h7-8,10,12H,6H2,1-5H3. The Kier molecular flexibility index (Phi) is 4.29. The molecule has 1 rings (SSSR count). The fourth-order valence-electron chi connectivity index (χ4n) is 1.36. The third kappa shape index (κ3) is 3.04. The summed E-state index contributed by atoms with van der Waals surface area (Å²) in [5.74, 6) is 0. The van der Waals surface area contributed by atoms with E-state index in [4.69, 9.17) is 4.74 Å². The van der Waals surface area contributed by atoms with Gasteiger partial charge < -0.3 is 10.1 Å². The molecule has 0 saturated carbocycles. The molecule has 4 nitrogen and oxygen atoms in total. The number of hydrogen-bond donors (Lipinski definition) is 1. The maximum atomic E-state index is 5.25. The van der Waals surface area contributed by atoms with E-state index in [0.29, 0.717) is 6.04 Å². The predicted octanol–water partition coefficient (Wildman–Crippen LogP) is 1.24. The minimum atomic E-state index is 0.224. The minimum Gasteiger partial charge on any atom is -0.380 e. The molecule has 0 spiro atoms. The van der Waals surface area contributed by atoms with Gasteiger partial charge in [0, 0.05) is 38.0 Å². The van der Waals surface area contributed by atoms with Gasteiger partial charge in [0.2, 0.25) is 0 Å². The molecular formula is C11H21N3O. The highest BCUT2D eigenvalue weighted by Crippen LogP contribution is 2.06. The Hall–Kier alpha value is -0.870. The van der Waals surface area contributed by atoms with Crippen LogP contribution in [0, 0.1) is 6.92 Å². The van der Waals surface area contributed by atoms with Crippen LogP contribution < -0.4 is 5.32 Å². The van der Waals surface area contributed by atoms with Crippen LogP contribution in [0.4, 0.5) is 0 Å². The summed E-state index contributed by atoms with van der Waals surface area (Å²) in [6.45, 7) is 7.11. The van der Waals surface area contributed by atoms with Crippen LogP contribution in [0.2, 0.25) is 0 Å². The molecule has 0 bridgehead atoms. The van der Waals surface area contributed by atoms with Crippen LogP contribution in [0.15, 0.2) is 6.20 Å². The summed E-state index contributed by atoms with van der Waals surface area (Å²) in [6.07, 6.45) is 2.13. The minimum absolute atomic E-state index is 0.224. The van der Waals surface area contributed by atoms with Crippen molar-refractivity contribution in [1.82, 2.24) is 15.1 Å². The van der Waals surface area contributed by atoms with E-state index >= 15 is 0 Å². The van der Waals surface area contributed by atoms with Crippen molar-refractivity contribution in [2.24, 2.45) is 7.05 Å². The van der Waals surface area contributed by atoms with Crippen LogP contribution in [0.25, 0.3) is 0 Å². The highest BCUT2D eigenvalue weighted by molar-refractivity contribution is 5.15. The van der Waals surface area contributed by atoms with Gasteiger partial charge in [-0.15, -0.1) is 0 Å². The maximum absolute atomic E-state index is 5.25. The van der Waals surface area contributed by atoms with Crippen molar-refractivity contribution in [3.8, 4) is 0 Å². The number of ether oxygens (including phenoxy) is 1. The summed E-state index contributed by atoms with van der Waals surface area (Å²) >= 11 is 0. The van der Waals surface area contributed by atoms with Crippen LogP contribution >= 0.6 is 0 Å². The fourth-order valence-corrected chi connectivity index (χ4v) is 1.36. The van der Waals surface area contributed by atoms with E-state index in [1.54, 1.807) is 7.11 Å². The van der Waals surface area contributed by atoms with Gasteiger partial charge in [-0.25, -0.2) is 0 Å². The number of methoxy groups -OCH3 is 1. The van der Waals surface area contributed by atoms with Crippen molar-refractivity contribution in [3.05, 3.63) is 17.5 Å². The summed E-state index contributed by atoms with van der Waals surface area (Å²) in [5, 5.41) is 7.63. The maximum Gasteiger partial charge on any atom is 0.0693 e. The average Bonchev–Trinajstić information content (AvgIpc) is 2.55. The number of aryl methyl sites for hydroxylation is 1. The molecule has 0 saturated heterocycles. The monoisotopic (exact) mass is 211 g/mol. The predicted molar refractivity (Wildman–Crippen MR) is 60.7 cm³/mol. The third-order valence-corrected chi connectivity index (χ3v) is 3.03. The van der Waals surface area contributed by atoms with Crippen LogP contribution in [-0.2, 0) is 18.3 Å². The molecule has 0 aliphatic rings. The second-order valence-corrected chi connectivity index (χ2v) is 3.99. The Balaban J connectivity index is 2.47. The summed E-state index contributed by atoms with van der Waals surface area (Å²) in [5.41, 5.74) is 2.45. The molecule has 1 heterocycles. The molecule has 0 aromatic carbocycles. The zero-order chi connectivity index (χ0) is 11.4. The molecule has 0 radical (unpaired) electrons. The molecular weight excluding hydrogens is 190 g/mol. The second-order valence-electron chi connectivity index (χ2n) is 3.99. The van der Waals surface area contributed by atoms with Crippen LogP contribution in [0.5, 0.6) is 0 Å². The molecule has 15 heavy (non-hydrogen) atoms. The smallest absolute Gasteiger partial charge is 0.0693 e. The molecule has 1 N–H and O–H groups in total. The normalized spacial score (nSPS) is 15.3. The number of rotatable bonds is 5. The zero-order valence-electron chi connectivity index (χ0n) is 10.2. The van der Waals surface area contributed by atoms with Crippen LogP contribution in [0.1, 0.15) is 25.1 Å². The largest absolute Gasteiger partial charge is 0.380 e. The van der Waals surface area contributed by atoms with Crippen molar-refractivity contribution < 1.29 is 4.74 Å². The van der Waals surface area contributed by atoms with E-state index in [9.17, 15) is 0 Å². The van der Waals surface area contributed by atoms with Crippen molar-refractivity contribution in [2.45, 2.75) is 39.5 Å². The van der Waals surface area contributed by atoms with Gasteiger partial charge in [-0.05, 0) is 20.8 Å². The van der Waals surface area contributed by atoms with Gasteiger partial charge >= 0.3 is 0 Å². The van der Waals surface area contributed by atoms with E-state index in [0.717, 1.165) is 6.54 Å². The van der Waals surface area contributed by atoms with E-state index in [1.165, 1.54) is 11.3 Å². The fraction of sp³-hybridized carbons (Fsp3) is 0.727. The number of hydrogen-bond acceptors (Lipinski definition) is 3. The highest BCUT2D eigenvalue weighted by Gasteiger charge is 2.11. The Morgan fingerprint density at radius 2 is 2.20 bits per heavy atom. The first-order chi connectivity index (χ1) is 7.06. The molecule has 2 unspecified atom stereocenters. The van der Waals surface area contributed by atoms with E-state index in [-0.39, 0.29) is 6.10 Å².